The zero-order valence-corrected chi connectivity index (χ0v) is 12.6. The molecule has 6 heteroatoms. The summed E-state index contributed by atoms with van der Waals surface area (Å²) < 4.78 is 27.3. The summed E-state index contributed by atoms with van der Waals surface area (Å²) in [5.74, 6) is -0.101. The van der Waals surface area contributed by atoms with Gasteiger partial charge in [-0.1, -0.05) is 18.2 Å². The average Bonchev–Trinajstić information content (AvgIpc) is 3.08. The van der Waals surface area contributed by atoms with Crippen LogP contribution in [-0.4, -0.2) is 20.9 Å². The molecule has 5 nitrogen and oxygen atoms in total. The van der Waals surface area contributed by atoms with Gasteiger partial charge >= 0.3 is 0 Å². The lowest BCUT2D eigenvalue weighted by Crippen LogP contribution is -2.29. The number of anilines is 2. The molecule has 0 saturated carbocycles. The Hall–Kier alpha value is -2.34. The maximum absolute atomic E-state index is 12.9. The Morgan fingerprint density at radius 2 is 1.86 bits per heavy atom. The highest BCUT2D eigenvalue weighted by Gasteiger charge is 2.31. The molecular weight excluding hydrogens is 300 g/mol. The highest BCUT2D eigenvalue weighted by atomic mass is 32.2. The number of benzene rings is 2. The van der Waals surface area contributed by atoms with Gasteiger partial charge in [0.15, 0.2) is 0 Å². The van der Waals surface area contributed by atoms with E-state index < -0.39 is 10.0 Å². The maximum atomic E-state index is 12.9. The molecule has 0 saturated heterocycles. The summed E-state index contributed by atoms with van der Waals surface area (Å²) in [6, 6.07) is 12.4. The van der Waals surface area contributed by atoms with Crippen molar-refractivity contribution in [1.82, 2.24) is 0 Å². The first kappa shape index (κ1) is 13.3. The van der Waals surface area contributed by atoms with Gasteiger partial charge in [0.1, 0.15) is 0 Å². The molecule has 0 spiro atoms. The van der Waals surface area contributed by atoms with Gasteiger partial charge in [0.2, 0.25) is 5.91 Å². The van der Waals surface area contributed by atoms with Crippen LogP contribution in [0.15, 0.2) is 47.4 Å². The summed E-state index contributed by atoms with van der Waals surface area (Å²) in [7, 11) is -3.60. The number of carbonyl (C=O) groups is 1. The van der Waals surface area contributed by atoms with Crippen LogP contribution in [0.1, 0.15) is 11.1 Å². The smallest absolute Gasteiger partial charge is 0.264 e. The fourth-order valence-corrected chi connectivity index (χ4v) is 4.61. The van der Waals surface area contributed by atoms with Crippen LogP contribution in [0.25, 0.3) is 0 Å². The summed E-state index contributed by atoms with van der Waals surface area (Å²) in [5.41, 5.74) is 3.23. The Bertz CT molecular complexity index is 890. The summed E-state index contributed by atoms with van der Waals surface area (Å²) in [6.07, 6.45) is 0.954. The molecule has 0 atom stereocenters. The van der Waals surface area contributed by atoms with E-state index in [0.717, 1.165) is 23.2 Å². The third kappa shape index (κ3) is 1.91. The molecule has 2 aliphatic heterocycles. The molecule has 2 aliphatic rings. The summed E-state index contributed by atoms with van der Waals surface area (Å²) in [5, 5.41) is 2.71. The van der Waals surface area contributed by atoms with Crippen LogP contribution in [0.4, 0.5) is 11.4 Å². The van der Waals surface area contributed by atoms with Crippen molar-refractivity contribution >= 4 is 27.3 Å². The van der Waals surface area contributed by atoms with Gasteiger partial charge in [0.25, 0.3) is 10.0 Å². The Balaban J connectivity index is 1.77. The summed E-state index contributed by atoms with van der Waals surface area (Å²) in [6.45, 7) is 0.454. The van der Waals surface area contributed by atoms with Crippen LogP contribution < -0.4 is 9.62 Å². The van der Waals surface area contributed by atoms with Gasteiger partial charge in [-0.2, -0.15) is 0 Å². The third-order valence-corrected chi connectivity index (χ3v) is 5.94. The fourth-order valence-electron chi connectivity index (χ4n) is 3.05. The van der Waals surface area contributed by atoms with Gasteiger partial charge in [-0.3, -0.25) is 9.10 Å². The van der Waals surface area contributed by atoms with Gasteiger partial charge in [-0.15, -0.1) is 0 Å². The number of nitrogens with one attached hydrogen (secondary N) is 1. The first-order valence-corrected chi connectivity index (χ1v) is 8.53. The van der Waals surface area contributed by atoms with Crippen LogP contribution in [0.5, 0.6) is 0 Å². The SMILES string of the molecule is O=C1Cc2cc(S(=O)(=O)N3CCc4ccccc43)ccc2N1. The Kier molecular flexibility index (Phi) is 2.77. The van der Waals surface area contributed by atoms with Crippen LogP contribution in [0, 0.1) is 0 Å². The number of amides is 1. The lowest BCUT2D eigenvalue weighted by atomic mass is 10.2. The van der Waals surface area contributed by atoms with E-state index >= 15 is 0 Å². The largest absolute Gasteiger partial charge is 0.326 e. The number of rotatable bonds is 2. The predicted octanol–water partition coefficient (Wildman–Crippen LogP) is 1.93. The van der Waals surface area contributed by atoms with Crippen LogP contribution in [0.2, 0.25) is 0 Å². The first-order chi connectivity index (χ1) is 10.6. The second kappa shape index (κ2) is 4.58. The molecule has 0 radical (unpaired) electrons. The zero-order chi connectivity index (χ0) is 15.3. The molecule has 0 unspecified atom stereocenters. The number of hydrogen-bond acceptors (Lipinski definition) is 3. The highest BCUT2D eigenvalue weighted by Crippen LogP contribution is 2.34. The van der Waals surface area contributed by atoms with E-state index in [1.54, 1.807) is 18.2 Å². The molecule has 2 aromatic rings. The number of hydrogen-bond donors (Lipinski definition) is 1. The van der Waals surface area contributed by atoms with Crippen LogP contribution >= 0.6 is 0 Å². The Morgan fingerprint density at radius 1 is 1.05 bits per heavy atom. The molecule has 22 heavy (non-hydrogen) atoms. The van der Waals surface area contributed by atoms with Crippen molar-refractivity contribution in [2.45, 2.75) is 17.7 Å². The van der Waals surface area contributed by atoms with E-state index in [0.29, 0.717) is 12.2 Å². The molecule has 2 heterocycles. The normalized spacial score (nSPS) is 16.4. The number of para-hydroxylation sites is 1. The second-order valence-corrected chi connectivity index (χ2v) is 7.36. The minimum Gasteiger partial charge on any atom is -0.326 e. The van der Waals surface area contributed by atoms with Crippen molar-refractivity contribution in [1.29, 1.82) is 0 Å². The van der Waals surface area contributed by atoms with Gasteiger partial charge in [-0.05, 0) is 41.8 Å². The van der Waals surface area contributed by atoms with Gasteiger partial charge < -0.3 is 5.32 Å². The molecule has 112 valence electrons. The standard InChI is InChI=1S/C16H14N2O3S/c19-16-10-12-9-13(5-6-14(12)17-16)22(20,21)18-8-7-11-3-1-2-4-15(11)18/h1-6,9H,7-8,10H2,(H,17,19). The van der Waals surface area contributed by atoms with E-state index in [-0.39, 0.29) is 17.2 Å². The molecule has 4 rings (SSSR count). The minimum atomic E-state index is -3.60. The maximum Gasteiger partial charge on any atom is 0.264 e. The lowest BCUT2D eigenvalue weighted by molar-refractivity contribution is -0.115. The highest BCUT2D eigenvalue weighted by molar-refractivity contribution is 7.92. The van der Waals surface area contributed by atoms with Crippen molar-refractivity contribution < 1.29 is 13.2 Å². The van der Waals surface area contributed by atoms with Crippen molar-refractivity contribution in [2.24, 2.45) is 0 Å². The second-order valence-electron chi connectivity index (χ2n) is 5.50. The summed E-state index contributed by atoms with van der Waals surface area (Å²) >= 11 is 0. The van der Waals surface area contributed by atoms with Crippen molar-refractivity contribution in [3.05, 3.63) is 53.6 Å². The number of fused-ring (bicyclic) bond motifs is 2. The van der Waals surface area contributed by atoms with Crippen molar-refractivity contribution in [3.63, 3.8) is 0 Å². The molecule has 2 aromatic carbocycles. The lowest BCUT2D eigenvalue weighted by Gasteiger charge is -2.20. The van der Waals surface area contributed by atoms with E-state index in [9.17, 15) is 13.2 Å². The fraction of sp³-hybridized carbons (Fsp3) is 0.188. The number of nitrogens with zero attached hydrogens (tertiary/aromatic N) is 1. The molecule has 0 aromatic heterocycles. The van der Waals surface area contributed by atoms with Gasteiger partial charge in [0.05, 0.1) is 17.0 Å². The monoisotopic (exact) mass is 314 g/mol. The molecular formula is C16H14N2O3S. The van der Waals surface area contributed by atoms with Gasteiger partial charge in [-0.25, -0.2) is 8.42 Å². The third-order valence-electron chi connectivity index (χ3n) is 4.13. The molecule has 0 aliphatic carbocycles. The van der Waals surface area contributed by atoms with E-state index in [4.69, 9.17) is 0 Å². The van der Waals surface area contributed by atoms with E-state index in [2.05, 4.69) is 5.32 Å². The zero-order valence-electron chi connectivity index (χ0n) is 11.7. The molecule has 0 bridgehead atoms. The van der Waals surface area contributed by atoms with Crippen molar-refractivity contribution in [3.8, 4) is 0 Å². The average molecular weight is 314 g/mol. The van der Waals surface area contributed by atoms with Crippen molar-refractivity contribution in [2.75, 3.05) is 16.2 Å². The van der Waals surface area contributed by atoms with E-state index in [1.165, 1.54) is 4.31 Å². The minimum absolute atomic E-state index is 0.101. The van der Waals surface area contributed by atoms with Gasteiger partial charge in [0, 0.05) is 12.2 Å². The molecule has 1 amide bonds. The summed E-state index contributed by atoms with van der Waals surface area (Å²) in [4.78, 5) is 11.6. The Labute approximate surface area is 128 Å². The predicted molar refractivity (Wildman–Crippen MR) is 83.5 cm³/mol. The number of carbonyl (C=O) groups excluding carboxylic acids is 1. The topological polar surface area (TPSA) is 66.5 Å². The quantitative estimate of drug-likeness (QED) is 0.921. The Morgan fingerprint density at radius 3 is 2.73 bits per heavy atom. The number of sulfonamides is 1. The van der Waals surface area contributed by atoms with E-state index in [1.807, 2.05) is 24.3 Å². The van der Waals surface area contributed by atoms with Crippen LogP contribution in [0.3, 0.4) is 0 Å². The molecule has 1 N–H and O–H groups in total. The first-order valence-electron chi connectivity index (χ1n) is 7.09. The molecule has 0 fully saturated rings. The van der Waals surface area contributed by atoms with Crippen LogP contribution in [-0.2, 0) is 27.7 Å².